The highest BCUT2D eigenvalue weighted by molar-refractivity contribution is 7.12. The van der Waals surface area contributed by atoms with Gasteiger partial charge in [0.25, 0.3) is 0 Å². The van der Waals surface area contributed by atoms with Crippen LogP contribution in [0.2, 0.25) is 0 Å². The highest BCUT2D eigenvalue weighted by atomic mass is 32.1. The molecule has 82 valence electrons. The molecule has 0 spiro atoms. The molecule has 1 nitrogen and oxygen atoms in total. The van der Waals surface area contributed by atoms with Gasteiger partial charge in [-0.2, -0.15) is 0 Å². The number of hydrogen-bond donors (Lipinski definition) is 0. The number of benzene rings is 1. The van der Waals surface area contributed by atoms with Gasteiger partial charge in [0.05, 0.1) is 0 Å². The topological polar surface area (TPSA) is 17.1 Å². The smallest absolute Gasteiger partial charge is 0.194 e. The van der Waals surface area contributed by atoms with Crippen molar-refractivity contribution in [3.8, 4) is 0 Å². The van der Waals surface area contributed by atoms with E-state index in [4.69, 9.17) is 0 Å². The average Bonchev–Trinajstić information content (AvgIpc) is 2.58. The van der Waals surface area contributed by atoms with E-state index in [9.17, 15) is 4.79 Å². The van der Waals surface area contributed by atoms with Crippen LogP contribution in [0, 0.1) is 20.8 Å². The molecule has 0 amide bonds. The van der Waals surface area contributed by atoms with Gasteiger partial charge in [0, 0.05) is 20.9 Å². The summed E-state index contributed by atoms with van der Waals surface area (Å²) in [7, 11) is 0. The van der Waals surface area contributed by atoms with Crippen LogP contribution in [0.3, 0.4) is 0 Å². The average molecular weight is 230 g/mol. The molecular weight excluding hydrogens is 216 g/mol. The summed E-state index contributed by atoms with van der Waals surface area (Å²) in [6.07, 6.45) is 0. The number of carbonyl (C=O) groups excluding carboxylic acids is 1. The largest absolute Gasteiger partial charge is 0.289 e. The molecule has 2 rings (SSSR count). The van der Waals surface area contributed by atoms with Crippen molar-refractivity contribution in [3.63, 3.8) is 0 Å². The van der Waals surface area contributed by atoms with Crippen LogP contribution in [-0.2, 0) is 0 Å². The molecule has 0 saturated heterocycles. The van der Waals surface area contributed by atoms with E-state index >= 15 is 0 Å². The third kappa shape index (κ3) is 1.93. The molecule has 0 aliphatic carbocycles. The van der Waals surface area contributed by atoms with Gasteiger partial charge in [-0.05, 0) is 32.4 Å². The predicted octanol–water partition coefficient (Wildman–Crippen LogP) is 3.90. The molecule has 0 radical (unpaired) electrons. The van der Waals surface area contributed by atoms with E-state index in [1.165, 1.54) is 4.88 Å². The molecular formula is C14H14OS. The Bertz CT molecular complexity index is 537. The van der Waals surface area contributed by atoms with Gasteiger partial charge in [-0.1, -0.05) is 24.3 Å². The summed E-state index contributed by atoms with van der Waals surface area (Å²) in [5.74, 6) is 0.139. The lowest BCUT2D eigenvalue weighted by molar-refractivity contribution is 0.103. The first kappa shape index (κ1) is 11.1. The second kappa shape index (κ2) is 4.22. The molecule has 0 saturated carbocycles. The fourth-order valence-corrected chi connectivity index (χ4v) is 2.75. The van der Waals surface area contributed by atoms with Crippen LogP contribution >= 0.6 is 11.3 Å². The monoisotopic (exact) mass is 230 g/mol. The first-order chi connectivity index (χ1) is 7.59. The standard InChI is InChI=1S/C14H14OS/c1-9-6-4-5-7-12(9)14(15)13-8-10(2)16-11(13)3/h4-8H,1-3H3. The summed E-state index contributed by atoms with van der Waals surface area (Å²) in [6, 6.07) is 9.72. The second-order valence-electron chi connectivity index (χ2n) is 3.97. The fourth-order valence-electron chi connectivity index (χ4n) is 1.83. The summed E-state index contributed by atoms with van der Waals surface area (Å²) in [6.45, 7) is 6.01. The maximum absolute atomic E-state index is 12.3. The lowest BCUT2D eigenvalue weighted by atomic mass is 10.00. The van der Waals surface area contributed by atoms with E-state index in [0.717, 1.165) is 21.6 Å². The van der Waals surface area contributed by atoms with E-state index in [1.807, 2.05) is 51.1 Å². The van der Waals surface area contributed by atoms with Crippen molar-refractivity contribution in [1.82, 2.24) is 0 Å². The zero-order valence-electron chi connectivity index (χ0n) is 9.70. The molecule has 0 bridgehead atoms. The van der Waals surface area contributed by atoms with Gasteiger partial charge < -0.3 is 0 Å². The predicted molar refractivity (Wildman–Crippen MR) is 68.4 cm³/mol. The highest BCUT2D eigenvalue weighted by Gasteiger charge is 2.15. The zero-order chi connectivity index (χ0) is 11.7. The SMILES string of the molecule is Cc1cc(C(=O)c2ccccc2C)c(C)s1. The molecule has 0 aliphatic heterocycles. The van der Waals surface area contributed by atoms with Crippen LogP contribution in [0.4, 0.5) is 0 Å². The Morgan fingerprint density at radius 3 is 2.31 bits per heavy atom. The van der Waals surface area contributed by atoms with Gasteiger partial charge in [0.2, 0.25) is 0 Å². The third-order valence-electron chi connectivity index (χ3n) is 2.68. The quantitative estimate of drug-likeness (QED) is 0.715. The van der Waals surface area contributed by atoms with Crippen molar-refractivity contribution in [2.24, 2.45) is 0 Å². The fraction of sp³-hybridized carbons (Fsp3) is 0.214. The van der Waals surface area contributed by atoms with Crippen molar-refractivity contribution in [2.45, 2.75) is 20.8 Å². The number of aryl methyl sites for hydroxylation is 3. The molecule has 0 fully saturated rings. The van der Waals surface area contributed by atoms with Gasteiger partial charge in [0.15, 0.2) is 5.78 Å². The van der Waals surface area contributed by atoms with Crippen LogP contribution in [-0.4, -0.2) is 5.78 Å². The normalized spacial score (nSPS) is 10.4. The minimum absolute atomic E-state index is 0.139. The Morgan fingerprint density at radius 1 is 1.06 bits per heavy atom. The van der Waals surface area contributed by atoms with Gasteiger partial charge in [-0.15, -0.1) is 11.3 Å². The number of hydrogen-bond acceptors (Lipinski definition) is 2. The summed E-state index contributed by atoms with van der Waals surface area (Å²) in [5, 5.41) is 0. The molecule has 1 heterocycles. The highest BCUT2D eigenvalue weighted by Crippen LogP contribution is 2.24. The summed E-state index contributed by atoms with van der Waals surface area (Å²) in [5.41, 5.74) is 2.69. The van der Waals surface area contributed by atoms with E-state index in [2.05, 4.69) is 0 Å². The summed E-state index contributed by atoms with van der Waals surface area (Å²) in [4.78, 5) is 14.6. The zero-order valence-corrected chi connectivity index (χ0v) is 10.5. The Balaban J connectivity index is 2.47. The van der Waals surface area contributed by atoms with Crippen LogP contribution in [0.25, 0.3) is 0 Å². The first-order valence-electron chi connectivity index (χ1n) is 5.27. The molecule has 2 aromatic rings. The van der Waals surface area contributed by atoms with Gasteiger partial charge >= 0.3 is 0 Å². The molecule has 2 heteroatoms. The van der Waals surface area contributed by atoms with Crippen molar-refractivity contribution < 1.29 is 4.79 Å². The number of ketones is 1. The molecule has 0 atom stereocenters. The van der Waals surface area contributed by atoms with E-state index in [-0.39, 0.29) is 5.78 Å². The lowest BCUT2D eigenvalue weighted by Crippen LogP contribution is -2.03. The Hall–Kier alpha value is -1.41. The summed E-state index contributed by atoms with van der Waals surface area (Å²) >= 11 is 1.68. The minimum atomic E-state index is 0.139. The Kier molecular flexibility index (Phi) is 2.92. The second-order valence-corrected chi connectivity index (χ2v) is 5.43. The van der Waals surface area contributed by atoms with Crippen molar-refractivity contribution >= 4 is 17.1 Å². The van der Waals surface area contributed by atoms with Crippen molar-refractivity contribution in [1.29, 1.82) is 0 Å². The maximum Gasteiger partial charge on any atom is 0.194 e. The first-order valence-corrected chi connectivity index (χ1v) is 6.08. The van der Waals surface area contributed by atoms with E-state index in [0.29, 0.717) is 0 Å². The van der Waals surface area contributed by atoms with E-state index < -0.39 is 0 Å². The lowest BCUT2D eigenvalue weighted by Gasteiger charge is -2.03. The molecule has 0 aliphatic rings. The Labute approximate surface area is 99.8 Å². The van der Waals surface area contributed by atoms with Gasteiger partial charge in [0.1, 0.15) is 0 Å². The maximum atomic E-state index is 12.3. The number of rotatable bonds is 2. The third-order valence-corrected chi connectivity index (χ3v) is 3.64. The molecule has 16 heavy (non-hydrogen) atoms. The molecule has 0 unspecified atom stereocenters. The molecule has 1 aromatic heterocycles. The van der Waals surface area contributed by atoms with Gasteiger partial charge in [-0.3, -0.25) is 4.79 Å². The van der Waals surface area contributed by atoms with E-state index in [1.54, 1.807) is 11.3 Å². The summed E-state index contributed by atoms with van der Waals surface area (Å²) < 4.78 is 0. The van der Waals surface area contributed by atoms with Crippen LogP contribution in [0.15, 0.2) is 30.3 Å². The van der Waals surface area contributed by atoms with Crippen molar-refractivity contribution in [2.75, 3.05) is 0 Å². The molecule has 0 N–H and O–H groups in total. The Morgan fingerprint density at radius 2 is 1.75 bits per heavy atom. The van der Waals surface area contributed by atoms with Crippen LogP contribution in [0.5, 0.6) is 0 Å². The van der Waals surface area contributed by atoms with Crippen molar-refractivity contribution in [3.05, 3.63) is 56.8 Å². The van der Waals surface area contributed by atoms with Crippen LogP contribution < -0.4 is 0 Å². The molecule has 1 aromatic carbocycles. The minimum Gasteiger partial charge on any atom is -0.289 e. The van der Waals surface area contributed by atoms with Crippen LogP contribution in [0.1, 0.15) is 31.2 Å². The number of thiophene rings is 1. The van der Waals surface area contributed by atoms with Gasteiger partial charge in [-0.25, -0.2) is 0 Å². The number of carbonyl (C=O) groups is 1.